The maximum Gasteiger partial charge on any atom is 0.398 e. The number of rotatable bonds is 3. The van der Waals surface area contributed by atoms with E-state index < -0.39 is 11.5 Å². The highest BCUT2D eigenvalue weighted by molar-refractivity contribution is 9.10. The number of anilines is 1. The Balaban J connectivity index is 1.57. The molecule has 1 aromatic heterocycles. The van der Waals surface area contributed by atoms with Crippen LogP contribution in [-0.2, 0) is 16.6 Å². The van der Waals surface area contributed by atoms with Crippen LogP contribution in [0.2, 0.25) is 5.02 Å². The standard InChI is InChI=1S/C18H14BrClF2N2O2/c19-15-12(20)2-4-14(23-15)24-16(25)17(7-8-17)11-1-3-13-10(9-11)5-6-18(21,22)26-13/h1-4,9H,5-8H2,(H,23,24,25). The lowest BCUT2D eigenvalue weighted by Gasteiger charge is -2.26. The molecular formula is C18H14BrClF2N2O2. The fourth-order valence-electron chi connectivity index (χ4n) is 3.16. The van der Waals surface area contributed by atoms with Crippen molar-refractivity contribution in [2.75, 3.05) is 5.32 Å². The van der Waals surface area contributed by atoms with Crippen molar-refractivity contribution >= 4 is 39.3 Å². The van der Waals surface area contributed by atoms with Crippen LogP contribution in [-0.4, -0.2) is 17.0 Å². The van der Waals surface area contributed by atoms with Crippen LogP contribution in [0.4, 0.5) is 14.6 Å². The summed E-state index contributed by atoms with van der Waals surface area (Å²) in [4.78, 5) is 17.0. The first-order valence-electron chi connectivity index (χ1n) is 8.13. The van der Waals surface area contributed by atoms with Gasteiger partial charge in [-0.05, 0) is 64.5 Å². The monoisotopic (exact) mass is 442 g/mol. The number of hydrogen-bond donors (Lipinski definition) is 1. The number of pyridine rings is 1. The van der Waals surface area contributed by atoms with Gasteiger partial charge in [0.25, 0.3) is 0 Å². The van der Waals surface area contributed by atoms with E-state index in [1.165, 1.54) is 6.07 Å². The lowest BCUT2D eigenvalue weighted by molar-refractivity contribution is -0.187. The fraction of sp³-hybridized carbons (Fsp3) is 0.333. The average molecular weight is 444 g/mol. The van der Waals surface area contributed by atoms with Crippen LogP contribution in [0.15, 0.2) is 34.9 Å². The number of nitrogens with one attached hydrogen (secondary N) is 1. The Morgan fingerprint density at radius 3 is 2.69 bits per heavy atom. The highest BCUT2D eigenvalue weighted by atomic mass is 79.9. The van der Waals surface area contributed by atoms with E-state index in [9.17, 15) is 13.6 Å². The van der Waals surface area contributed by atoms with E-state index in [0.717, 1.165) is 5.56 Å². The van der Waals surface area contributed by atoms with Crippen molar-refractivity contribution in [3.8, 4) is 5.75 Å². The Bertz CT molecular complexity index is 903. The van der Waals surface area contributed by atoms with Gasteiger partial charge in [0, 0.05) is 0 Å². The molecule has 1 amide bonds. The molecule has 1 aromatic carbocycles. The van der Waals surface area contributed by atoms with Gasteiger partial charge in [-0.15, -0.1) is 0 Å². The van der Waals surface area contributed by atoms with E-state index >= 15 is 0 Å². The number of carbonyl (C=O) groups is 1. The third kappa shape index (κ3) is 3.18. The molecule has 2 aliphatic rings. The van der Waals surface area contributed by atoms with E-state index in [1.807, 2.05) is 6.07 Å². The average Bonchev–Trinajstić information content (AvgIpc) is 3.39. The number of carbonyl (C=O) groups excluding carboxylic acids is 1. The fourth-order valence-corrected chi connectivity index (χ4v) is 3.59. The zero-order valence-corrected chi connectivity index (χ0v) is 15.8. The smallest absolute Gasteiger partial charge is 0.398 e. The molecule has 1 N–H and O–H groups in total. The van der Waals surface area contributed by atoms with Crippen molar-refractivity contribution in [3.05, 3.63) is 51.1 Å². The van der Waals surface area contributed by atoms with Gasteiger partial charge in [0.1, 0.15) is 16.2 Å². The molecule has 0 radical (unpaired) electrons. The number of benzene rings is 1. The summed E-state index contributed by atoms with van der Waals surface area (Å²) < 4.78 is 31.9. The Hall–Kier alpha value is -1.73. The second kappa shape index (κ2) is 6.16. The predicted octanol–water partition coefficient (Wildman–Crippen LogP) is 5.09. The zero-order chi connectivity index (χ0) is 18.5. The molecule has 0 atom stereocenters. The van der Waals surface area contributed by atoms with Gasteiger partial charge < -0.3 is 10.1 Å². The van der Waals surface area contributed by atoms with Gasteiger partial charge in [-0.3, -0.25) is 4.79 Å². The van der Waals surface area contributed by atoms with E-state index in [0.29, 0.717) is 33.8 Å². The quantitative estimate of drug-likeness (QED) is 0.673. The number of nitrogens with zero attached hydrogens (tertiary/aromatic N) is 1. The van der Waals surface area contributed by atoms with Crippen molar-refractivity contribution in [2.45, 2.75) is 37.2 Å². The second-order valence-electron chi connectivity index (χ2n) is 6.57. The molecule has 4 rings (SSSR count). The lowest BCUT2D eigenvalue weighted by Crippen LogP contribution is -2.31. The molecule has 1 aliphatic carbocycles. The number of aryl methyl sites for hydroxylation is 1. The number of alkyl halides is 2. The summed E-state index contributed by atoms with van der Waals surface area (Å²) in [6, 6.07) is 8.30. The van der Waals surface area contributed by atoms with Crippen LogP contribution in [0, 0.1) is 0 Å². The first-order chi connectivity index (χ1) is 12.3. The minimum atomic E-state index is -3.13. The summed E-state index contributed by atoms with van der Waals surface area (Å²) in [5.74, 6) is 0.421. The molecule has 8 heteroatoms. The number of aromatic nitrogens is 1. The number of halogens is 4. The van der Waals surface area contributed by atoms with Gasteiger partial charge in [-0.2, -0.15) is 8.78 Å². The minimum Gasteiger partial charge on any atom is -0.432 e. The molecule has 0 spiro atoms. The van der Waals surface area contributed by atoms with Crippen molar-refractivity contribution in [1.29, 1.82) is 0 Å². The lowest BCUT2D eigenvalue weighted by atomic mass is 9.91. The van der Waals surface area contributed by atoms with Gasteiger partial charge in [-0.1, -0.05) is 23.7 Å². The Kier molecular flexibility index (Phi) is 4.19. The third-order valence-corrected chi connectivity index (χ3v) is 5.92. The SMILES string of the molecule is O=C(Nc1ccc(Cl)c(Br)n1)C1(c2ccc3c(c2)CCC(F)(F)O3)CC1. The molecule has 0 unspecified atom stereocenters. The number of ether oxygens (including phenoxy) is 1. The van der Waals surface area contributed by atoms with Crippen LogP contribution in [0.1, 0.15) is 30.4 Å². The molecule has 1 fully saturated rings. The molecular weight excluding hydrogens is 430 g/mol. The van der Waals surface area contributed by atoms with Gasteiger partial charge in [0.15, 0.2) is 0 Å². The van der Waals surface area contributed by atoms with Gasteiger partial charge in [0.05, 0.1) is 16.9 Å². The molecule has 1 aliphatic heterocycles. The minimum absolute atomic E-state index is 0.166. The molecule has 136 valence electrons. The van der Waals surface area contributed by atoms with Gasteiger partial charge in [-0.25, -0.2) is 4.98 Å². The van der Waals surface area contributed by atoms with E-state index in [4.69, 9.17) is 16.3 Å². The van der Waals surface area contributed by atoms with E-state index in [1.54, 1.807) is 18.2 Å². The third-order valence-electron chi connectivity index (χ3n) is 4.79. The van der Waals surface area contributed by atoms with Gasteiger partial charge in [0.2, 0.25) is 5.91 Å². The summed E-state index contributed by atoms with van der Waals surface area (Å²) in [5, 5.41) is 3.27. The Morgan fingerprint density at radius 1 is 1.23 bits per heavy atom. The van der Waals surface area contributed by atoms with Crippen LogP contribution in [0.5, 0.6) is 5.75 Å². The van der Waals surface area contributed by atoms with E-state index in [2.05, 4.69) is 26.2 Å². The first kappa shape index (κ1) is 17.7. The van der Waals surface area contributed by atoms with Crippen molar-refractivity contribution in [2.24, 2.45) is 0 Å². The first-order valence-corrected chi connectivity index (χ1v) is 9.30. The number of fused-ring (bicyclic) bond motifs is 1. The molecule has 1 saturated carbocycles. The Labute approximate surface area is 162 Å². The highest BCUT2D eigenvalue weighted by Crippen LogP contribution is 2.50. The molecule has 0 saturated heterocycles. The summed E-state index contributed by atoms with van der Waals surface area (Å²) in [5.41, 5.74) is 0.874. The van der Waals surface area contributed by atoms with Crippen LogP contribution in [0.3, 0.4) is 0 Å². The van der Waals surface area contributed by atoms with E-state index in [-0.39, 0.29) is 24.5 Å². The summed E-state index contributed by atoms with van der Waals surface area (Å²) in [7, 11) is 0. The van der Waals surface area contributed by atoms with Crippen molar-refractivity contribution in [3.63, 3.8) is 0 Å². The van der Waals surface area contributed by atoms with Crippen molar-refractivity contribution < 1.29 is 18.3 Å². The van der Waals surface area contributed by atoms with Crippen LogP contribution in [0.25, 0.3) is 0 Å². The maximum atomic E-state index is 13.4. The van der Waals surface area contributed by atoms with Crippen LogP contribution >= 0.6 is 27.5 Å². The predicted molar refractivity (Wildman–Crippen MR) is 96.8 cm³/mol. The topological polar surface area (TPSA) is 51.2 Å². The molecule has 26 heavy (non-hydrogen) atoms. The summed E-state index contributed by atoms with van der Waals surface area (Å²) in [6.45, 7) is 0. The van der Waals surface area contributed by atoms with Crippen LogP contribution < -0.4 is 10.1 Å². The number of hydrogen-bond acceptors (Lipinski definition) is 3. The van der Waals surface area contributed by atoms with Gasteiger partial charge >= 0.3 is 6.11 Å². The maximum absolute atomic E-state index is 13.4. The summed E-state index contributed by atoms with van der Waals surface area (Å²) in [6.07, 6.45) is -1.87. The second-order valence-corrected chi connectivity index (χ2v) is 7.73. The van der Waals surface area contributed by atoms with Crippen molar-refractivity contribution in [1.82, 2.24) is 4.98 Å². The number of amides is 1. The highest BCUT2D eigenvalue weighted by Gasteiger charge is 2.52. The normalized spacial score (nSPS) is 19.2. The molecule has 0 bridgehead atoms. The molecule has 4 nitrogen and oxygen atoms in total. The molecule has 2 aromatic rings. The largest absolute Gasteiger partial charge is 0.432 e. The zero-order valence-electron chi connectivity index (χ0n) is 13.5. The summed E-state index contributed by atoms with van der Waals surface area (Å²) >= 11 is 9.14. The molecule has 2 heterocycles. The Morgan fingerprint density at radius 2 is 2.00 bits per heavy atom.